The zero-order valence-electron chi connectivity index (χ0n) is 8.01. The third-order valence-corrected chi connectivity index (χ3v) is 2.19. The van der Waals surface area contributed by atoms with Gasteiger partial charge in [0.15, 0.2) is 0 Å². The molecule has 0 saturated carbocycles. The van der Waals surface area contributed by atoms with Crippen molar-refractivity contribution in [2.75, 3.05) is 0 Å². The van der Waals surface area contributed by atoms with Crippen LogP contribution >= 0.6 is 0 Å². The van der Waals surface area contributed by atoms with E-state index in [2.05, 4.69) is 21.6 Å². The van der Waals surface area contributed by atoms with E-state index in [1.165, 1.54) is 0 Å². The number of fused-ring (bicyclic) bond motifs is 1. The maximum atomic E-state index is 5.07. The van der Waals surface area contributed by atoms with Crippen LogP contribution in [-0.2, 0) is 6.54 Å². The Kier molecular flexibility index (Phi) is 2.18. The van der Waals surface area contributed by atoms with E-state index < -0.39 is 0 Å². The highest BCUT2D eigenvalue weighted by molar-refractivity contribution is 5.86. The Bertz CT molecular complexity index is 470. The molecule has 0 unspecified atom stereocenters. The lowest BCUT2D eigenvalue weighted by molar-refractivity contribution is 0.787. The maximum Gasteiger partial charge on any atom is 0.139 e. The van der Waals surface area contributed by atoms with E-state index in [0.717, 1.165) is 23.1 Å². The molecule has 0 aromatic carbocycles. The van der Waals surface area contributed by atoms with Crippen LogP contribution < -0.4 is 5.84 Å². The van der Waals surface area contributed by atoms with Gasteiger partial charge in [-0.1, -0.05) is 0 Å². The Hall–Kier alpha value is -1.84. The second kappa shape index (κ2) is 3.49. The highest BCUT2D eigenvalue weighted by Gasteiger charge is 2.00. The van der Waals surface area contributed by atoms with Crippen LogP contribution in [0.4, 0.5) is 0 Å². The number of aromatic nitrogens is 2. The summed E-state index contributed by atoms with van der Waals surface area (Å²) in [5.41, 5.74) is 1.93. The van der Waals surface area contributed by atoms with Crippen LogP contribution in [0.1, 0.15) is 12.5 Å². The van der Waals surface area contributed by atoms with E-state index in [1.807, 2.05) is 18.3 Å². The Labute approximate surface area is 82.1 Å². The van der Waals surface area contributed by atoms with E-state index in [0.29, 0.717) is 0 Å². The number of hydrazone groups is 1. The molecule has 0 amide bonds. The third kappa shape index (κ3) is 1.35. The van der Waals surface area contributed by atoms with Crippen molar-refractivity contribution >= 4 is 17.2 Å². The minimum absolute atomic E-state index is 0.925. The summed E-state index contributed by atoms with van der Waals surface area (Å²) in [6.07, 6.45) is 5.39. The maximum absolute atomic E-state index is 5.07. The second-order valence-electron chi connectivity index (χ2n) is 3.06. The van der Waals surface area contributed by atoms with Gasteiger partial charge in [0.2, 0.25) is 0 Å². The van der Waals surface area contributed by atoms with Gasteiger partial charge in [-0.2, -0.15) is 5.10 Å². The van der Waals surface area contributed by atoms with Gasteiger partial charge in [-0.25, -0.2) is 4.98 Å². The van der Waals surface area contributed by atoms with Gasteiger partial charge in [0.1, 0.15) is 5.65 Å². The monoisotopic (exact) mass is 188 g/mol. The smallest absolute Gasteiger partial charge is 0.139 e. The van der Waals surface area contributed by atoms with Crippen molar-refractivity contribution < 1.29 is 0 Å². The van der Waals surface area contributed by atoms with Crippen LogP contribution in [-0.4, -0.2) is 15.8 Å². The molecule has 0 radical (unpaired) electrons. The summed E-state index contributed by atoms with van der Waals surface area (Å²) >= 11 is 0. The SMILES string of the molecule is CCn1ccc2cc(C=NN)cnc21. The highest BCUT2D eigenvalue weighted by Crippen LogP contribution is 2.13. The van der Waals surface area contributed by atoms with Crippen LogP contribution in [0.3, 0.4) is 0 Å². The summed E-state index contributed by atoms with van der Waals surface area (Å²) in [6.45, 7) is 3.02. The zero-order chi connectivity index (χ0) is 9.97. The summed E-state index contributed by atoms with van der Waals surface area (Å²) in [6, 6.07) is 4.06. The first-order valence-electron chi connectivity index (χ1n) is 4.53. The lowest BCUT2D eigenvalue weighted by Crippen LogP contribution is -1.94. The number of aryl methyl sites for hydroxylation is 1. The quantitative estimate of drug-likeness (QED) is 0.439. The normalized spacial score (nSPS) is 11.5. The molecule has 0 fully saturated rings. The van der Waals surface area contributed by atoms with Gasteiger partial charge in [0.25, 0.3) is 0 Å². The molecule has 0 aliphatic rings. The lowest BCUT2D eigenvalue weighted by Gasteiger charge is -1.99. The van der Waals surface area contributed by atoms with Gasteiger partial charge in [-0.05, 0) is 19.1 Å². The van der Waals surface area contributed by atoms with Gasteiger partial charge >= 0.3 is 0 Å². The van der Waals surface area contributed by atoms with Gasteiger partial charge < -0.3 is 10.4 Å². The number of hydrogen-bond acceptors (Lipinski definition) is 3. The minimum Gasteiger partial charge on any atom is -0.333 e. The highest BCUT2D eigenvalue weighted by atomic mass is 15.1. The average Bonchev–Trinajstić information content (AvgIpc) is 2.60. The van der Waals surface area contributed by atoms with E-state index in [1.54, 1.807) is 12.4 Å². The second-order valence-corrected chi connectivity index (χ2v) is 3.06. The van der Waals surface area contributed by atoms with Crippen molar-refractivity contribution in [3.05, 3.63) is 30.1 Å². The van der Waals surface area contributed by atoms with Crippen LogP contribution in [0.2, 0.25) is 0 Å². The molecule has 0 aliphatic carbocycles. The van der Waals surface area contributed by atoms with Crippen molar-refractivity contribution in [2.24, 2.45) is 10.9 Å². The predicted molar refractivity (Wildman–Crippen MR) is 57.2 cm³/mol. The van der Waals surface area contributed by atoms with E-state index in [-0.39, 0.29) is 0 Å². The van der Waals surface area contributed by atoms with Gasteiger partial charge in [0.05, 0.1) is 6.21 Å². The fourth-order valence-electron chi connectivity index (χ4n) is 1.51. The molecule has 4 nitrogen and oxygen atoms in total. The molecule has 0 aliphatic heterocycles. The molecule has 2 rings (SSSR count). The Morgan fingerprint density at radius 3 is 3.21 bits per heavy atom. The predicted octanol–water partition coefficient (Wildman–Crippen LogP) is 1.35. The molecule has 0 spiro atoms. The van der Waals surface area contributed by atoms with E-state index >= 15 is 0 Å². The first-order chi connectivity index (χ1) is 6.85. The van der Waals surface area contributed by atoms with Crippen molar-refractivity contribution in [1.29, 1.82) is 0 Å². The van der Waals surface area contributed by atoms with Crippen molar-refractivity contribution in [1.82, 2.24) is 9.55 Å². The molecule has 2 heterocycles. The van der Waals surface area contributed by atoms with Gasteiger partial charge in [-0.3, -0.25) is 0 Å². The number of pyridine rings is 1. The minimum atomic E-state index is 0.925. The molecule has 72 valence electrons. The molecule has 4 heteroatoms. The Balaban J connectivity index is 2.57. The summed E-state index contributed by atoms with van der Waals surface area (Å²) < 4.78 is 2.10. The lowest BCUT2D eigenvalue weighted by atomic mass is 10.2. The molecule has 14 heavy (non-hydrogen) atoms. The Morgan fingerprint density at radius 2 is 2.50 bits per heavy atom. The third-order valence-electron chi connectivity index (χ3n) is 2.19. The van der Waals surface area contributed by atoms with Crippen molar-refractivity contribution in [3.8, 4) is 0 Å². The van der Waals surface area contributed by atoms with E-state index in [9.17, 15) is 0 Å². The van der Waals surface area contributed by atoms with E-state index in [4.69, 9.17) is 5.84 Å². The molecule has 2 N–H and O–H groups in total. The number of hydrogen-bond donors (Lipinski definition) is 1. The Morgan fingerprint density at radius 1 is 1.64 bits per heavy atom. The molecule has 2 aromatic rings. The standard InChI is InChI=1S/C10H12N4/c1-2-14-4-3-9-5-8(7-13-11)6-12-10(9)14/h3-7H,2,11H2,1H3. The number of nitrogens with two attached hydrogens (primary N) is 1. The first-order valence-corrected chi connectivity index (χ1v) is 4.53. The van der Waals surface area contributed by atoms with Crippen LogP contribution in [0.5, 0.6) is 0 Å². The van der Waals surface area contributed by atoms with Crippen molar-refractivity contribution in [2.45, 2.75) is 13.5 Å². The molecular formula is C10H12N4. The fourth-order valence-corrected chi connectivity index (χ4v) is 1.51. The molecular weight excluding hydrogens is 176 g/mol. The van der Waals surface area contributed by atoms with Crippen LogP contribution in [0.25, 0.3) is 11.0 Å². The van der Waals surface area contributed by atoms with Gasteiger partial charge in [0, 0.05) is 29.9 Å². The van der Waals surface area contributed by atoms with Crippen LogP contribution in [0, 0.1) is 0 Å². The number of nitrogens with zero attached hydrogens (tertiary/aromatic N) is 3. The number of rotatable bonds is 2. The summed E-state index contributed by atoms with van der Waals surface area (Å²) in [7, 11) is 0. The molecule has 0 bridgehead atoms. The van der Waals surface area contributed by atoms with Crippen molar-refractivity contribution in [3.63, 3.8) is 0 Å². The largest absolute Gasteiger partial charge is 0.333 e. The molecule has 0 atom stereocenters. The first kappa shape index (κ1) is 8.74. The summed E-state index contributed by atoms with van der Waals surface area (Å²) in [4.78, 5) is 4.35. The molecule has 2 aromatic heterocycles. The topological polar surface area (TPSA) is 56.2 Å². The summed E-state index contributed by atoms with van der Waals surface area (Å²) in [5.74, 6) is 5.07. The van der Waals surface area contributed by atoms with Crippen LogP contribution in [0.15, 0.2) is 29.6 Å². The van der Waals surface area contributed by atoms with Gasteiger partial charge in [-0.15, -0.1) is 0 Å². The molecule has 0 saturated heterocycles. The zero-order valence-corrected chi connectivity index (χ0v) is 8.01. The summed E-state index contributed by atoms with van der Waals surface area (Å²) in [5, 5.41) is 4.58. The fraction of sp³-hybridized carbons (Fsp3) is 0.200. The average molecular weight is 188 g/mol.